The van der Waals surface area contributed by atoms with Gasteiger partial charge in [0.1, 0.15) is 0 Å². The summed E-state index contributed by atoms with van der Waals surface area (Å²) in [6.07, 6.45) is 0. The van der Waals surface area contributed by atoms with Crippen molar-refractivity contribution in [3.63, 3.8) is 0 Å². The molecule has 0 spiro atoms. The maximum Gasteiger partial charge on any atom is 0.243 e. The number of nitrogens with one attached hydrogen (secondary N) is 1. The average molecular weight is 334 g/mol. The molecule has 0 atom stereocenters. The van der Waals surface area contributed by atoms with E-state index < -0.39 is 0 Å². The standard InChI is InChI=1S/C15H13Cl2N5/c16-13-5-1-11(2-6-13)9-18-15-19-20-21-22(15)10-12-3-7-14(17)8-4-12/h1-8H,9-10H2,(H,18,19,21). The van der Waals surface area contributed by atoms with Crippen molar-refractivity contribution in [2.75, 3.05) is 5.32 Å². The molecule has 22 heavy (non-hydrogen) atoms. The van der Waals surface area contributed by atoms with E-state index in [9.17, 15) is 0 Å². The van der Waals surface area contributed by atoms with Gasteiger partial charge >= 0.3 is 0 Å². The van der Waals surface area contributed by atoms with Crippen LogP contribution in [0, 0.1) is 0 Å². The van der Waals surface area contributed by atoms with Gasteiger partial charge in [0.2, 0.25) is 5.95 Å². The van der Waals surface area contributed by atoms with Crippen molar-refractivity contribution in [2.45, 2.75) is 13.1 Å². The minimum absolute atomic E-state index is 0.577. The molecule has 112 valence electrons. The molecule has 0 fully saturated rings. The number of benzene rings is 2. The molecule has 0 aliphatic heterocycles. The Labute approximate surface area is 137 Å². The minimum atomic E-state index is 0.577. The molecule has 0 aliphatic rings. The van der Waals surface area contributed by atoms with Gasteiger partial charge in [0, 0.05) is 16.6 Å². The number of rotatable bonds is 5. The first-order valence-electron chi connectivity index (χ1n) is 6.69. The van der Waals surface area contributed by atoms with E-state index in [1.165, 1.54) is 0 Å². The molecular weight excluding hydrogens is 321 g/mol. The predicted octanol–water partition coefficient (Wildman–Crippen LogP) is 3.64. The number of halogens is 2. The summed E-state index contributed by atoms with van der Waals surface area (Å²) < 4.78 is 1.71. The third kappa shape index (κ3) is 3.75. The smallest absolute Gasteiger partial charge is 0.243 e. The number of hydrogen-bond donors (Lipinski definition) is 1. The van der Waals surface area contributed by atoms with Crippen molar-refractivity contribution in [2.24, 2.45) is 0 Å². The molecule has 0 radical (unpaired) electrons. The minimum Gasteiger partial charge on any atom is -0.349 e. The van der Waals surface area contributed by atoms with E-state index in [1.54, 1.807) is 4.68 Å². The van der Waals surface area contributed by atoms with Gasteiger partial charge in [0.15, 0.2) is 0 Å². The molecular formula is C15H13Cl2N5. The highest BCUT2D eigenvalue weighted by atomic mass is 35.5. The molecule has 3 rings (SSSR count). The Morgan fingerprint density at radius 3 is 2.09 bits per heavy atom. The van der Waals surface area contributed by atoms with Crippen LogP contribution >= 0.6 is 23.2 Å². The molecule has 0 saturated carbocycles. The fourth-order valence-corrected chi connectivity index (χ4v) is 2.24. The maximum absolute atomic E-state index is 5.88. The number of anilines is 1. The quantitative estimate of drug-likeness (QED) is 0.774. The highest BCUT2D eigenvalue weighted by Crippen LogP contribution is 2.13. The summed E-state index contributed by atoms with van der Waals surface area (Å²) in [7, 11) is 0. The highest BCUT2D eigenvalue weighted by Gasteiger charge is 2.06. The normalized spacial score (nSPS) is 10.6. The Morgan fingerprint density at radius 1 is 0.864 bits per heavy atom. The van der Waals surface area contributed by atoms with Crippen molar-refractivity contribution < 1.29 is 0 Å². The Balaban J connectivity index is 1.66. The van der Waals surface area contributed by atoms with Crippen LogP contribution in [0.2, 0.25) is 10.0 Å². The van der Waals surface area contributed by atoms with Crippen LogP contribution < -0.4 is 5.32 Å². The lowest BCUT2D eigenvalue weighted by molar-refractivity contribution is 0.651. The fraction of sp³-hybridized carbons (Fsp3) is 0.133. The third-order valence-electron chi connectivity index (χ3n) is 3.14. The van der Waals surface area contributed by atoms with Gasteiger partial charge in [0.25, 0.3) is 0 Å². The molecule has 0 saturated heterocycles. The first kappa shape index (κ1) is 14.8. The summed E-state index contributed by atoms with van der Waals surface area (Å²) >= 11 is 11.8. The van der Waals surface area contributed by atoms with E-state index in [2.05, 4.69) is 20.8 Å². The van der Waals surface area contributed by atoms with Crippen LogP contribution in [0.4, 0.5) is 5.95 Å². The highest BCUT2D eigenvalue weighted by molar-refractivity contribution is 6.30. The lowest BCUT2D eigenvalue weighted by atomic mass is 10.2. The van der Waals surface area contributed by atoms with Crippen LogP contribution in [-0.4, -0.2) is 20.2 Å². The van der Waals surface area contributed by atoms with E-state index in [4.69, 9.17) is 23.2 Å². The van der Waals surface area contributed by atoms with Crippen molar-refractivity contribution >= 4 is 29.2 Å². The second-order valence-corrected chi connectivity index (χ2v) is 5.64. The van der Waals surface area contributed by atoms with Crippen LogP contribution in [0.5, 0.6) is 0 Å². The van der Waals surface area contributed by atoms with E-state index >= 15 is 0 Å². The molecule has 0 amide bonds. The third-order valence-corrected chi connectivity index (χ3v) is 3.65. The summed E-state index contributed by atoms with van der Waals surface area (Å²) in [5.74, 6) is 0.616. The second-order valence-electron chi connectivity index (χ2n) is 4.77. The number of nitrogens with zero attached hydrogens (tertiary/aromatic N) is 4. The Morgan fingerprint density at radius 2 is 1.45 bits per heavy atom. The monoisotopic (exact) mass is 333 g/mol. The molecule has 7 heteroatoms. The van der Waals surface area contributed by atoms with Crippen molar-refractivity contribution in [3.05, 3.63) is 69.7 Å². The van der Waals surface area contributed by atoms with E-state index in [0.717, 1.165) is 16.1 Å². The molecule has 3 aromatic rings. The molecule has 1 N–H and O–H groups in total. The molecule has 0 bridgehead atoms. The van der Waals surface area contributed by atoms with Crippen molar-refractivity contribution in [1.29, 1.82) is 0 Å². The number of tetrazole rings is 1. The molecule has 5 nitrogen and oxygen atoms in total. The Kier molecular flexibility index (Phi) is 4.56. The summed E-state index contributed by atoms with van der Waals surface area (Å²) in [5.41, 5.74) is 2.18. The van der Waals surface area contributed by atoms with Crippen molar-refractivity contribution in [1.82, 2.24) is 20.2 Å². The molecule has 0 aliphatic carbocycles. The van der Waals surface area contributed by atoms with Gasteiger partial charge in [-0.2, -0.15) is 0 Å². The zero-order chi connectivity index (χ0) is 15.4. The van der Waals surface area contributed by atoms with Crippen molar-refractivity contribution in [3.8, 4) is 0 Å². The summed E-state index contributed by atoms with van der Waals surface area (Å²) in [6, 6.07) is 15.2. The van der Waals surface area contributed by atoms with Crippen LogP contribution in [0.1, 0.15) is 11.1 Å². The summed E-state index contributed by atoms with van der Waals surface area (Å²) in [4.78, 5) is 0. The van der Waals surface area contributed by atoms with Gasteiger partial charge in [-0.05, 0) is 45.8 Å². The Bertz CT molecular complexity index is 737. The Hall–Kier alpha value is -2.11. The molecule has 1 aromatic heterocycles. The van der Waals surface area contributed by atoms with Gasteiger partial charge in [-0.15, -0.1) is 0 Å². The topological polar surface area (TPSA) is 55.6 Å². The zero-order valence-electron chi connectivity index (χ0n) is 11.6. The van der Waals surface area contributed by atoms with E-state index in [0.29, 0.717) is 24.1 Å². The summed E-state index contributed by atoms with van der Waals surface area (Å²) in [5, 5.41) is 16.4. The number of aromatic nitrogens is 4. The van der Waals surface area contributed by atoms with Crippen LogP contribution in [-0.2, 0) is 13.1 Å². The largest absolute Gasteiger partial charge is 0.349 e. The molecule has 2 aromatic carbocycles. The first-order valence-corrected chi connectivity index (χ1v) is 7.45. The van der Waals surface area contributed by atoms with Crippen LogP contribution in [0.25, 0.3) is 0 Å². The predicted molar refractivity (Wildman–Crippen MR) is 87.1 cm³/mol. The van der Waals surface area contributed by atoms with Crippen LogP contribution in [0.3, 0.4) is 0 Å². The molecule has 0 unspecified atom stereocenters. The second kappa shape index (κ2) is 6.77. The zero-order valence-corrected chi connectivity index (χ0v) is 13.1. The van der Waals surface area contributed by atoms with E-state index in [1.807, 2.05) is 48.5 Å². The lowest BCUT2D eigenvalue weighted by Crippen LogP contribution is -2.09. The summed E-state index contributed by atoms with van der Waals surface area (Å²) in [6.45, 7) is 1.20. The lowest BCUT2D eigenvalue weighted by Gasteiger charge is -2.07. The van der Waals surface area contributed by atoms with Gasteiger partial charge < -0.3 is 5.32 Å². The average Bonchev–Trinajstić information content (AvgIpc) is 2.96. The SMILES string of the molecule is Clc1ccc(CNc2nnnn2Cc2ccc(Cl)cc2)cc1. The van der Waals surface area contributed by atoms with Gasteiger partial charge in [-0.25, -0.2) is 4.68 Å². The van der Waals surface area contributed by atoms with Gasteiger partial charge in [-0.1, -0.05) is 52.6 Å². The van der Waals surface area contributed by atoms with Gasteiger partial charge in [0.05, 0.1) is 6.54 Å². The number of hydrogen-bond acceptors (Lipinski definition) is 4. The first-order chi connectivity index (χ1) is 10.7. The van der Waals surface area contributed by atoms with E-state index in [-0.39, 0.29) is 0 Å². The fourth-order valence-electron chi connectivity index (χ4n) is 1.98. The van der Waals surface area contributed by atoms with Gasteiger partial charge in [-0.3, -0.25) is 0 Å². The van der Waals surface area contributed by atoms with Crippen LogP contribution in [0.15, 0.2) is 48.5 Å². The maximum atomic E-state index is 5.88. The molecule has 1 heterocycles.